The number of hydrogen-bond acceptors (Lipinski definition) is 3. The van der Waals surface area contributed by atoms with Gasteiger partial charge in [0.2, 0.25) is 0 Å². The van der Waals surface area contributed by atoms with Crippen molar-refractivity contribution in [3.05, 3.63) is 24.3 Å². The Morgan fingerprint density at radius 2 is 1.61 bits per heavy atom. The van der Waals surface area contributed by atoms with Crippen molar-refractivity contribution in [2.45, 2.75) is 26.4 Å². The van der Waals surface area contributed by atoms with Gasteiger partial charge in [0.05, 0.1) is 0 Å². The smallest absolute Gasteiger partial charge is 0.412 e. The van der Waals surface area contributed by atoms with Crippen LogP contribution < -0.4 is 16.4 Å². The lowest BCUT2D eigenvalue weighted by Gasteiger charge is -2.19. The number of hydrogen-bond donors (Lipinski definition) is 3. The zero-order valence-electron chi connectivity index (χ0n) is 10.6. The fraction of sp³-hybridized carbons (Fsp3) is 0.333. The van der Waals surface area contributed by atoms with Crippen LogP contribution in [0, 0.1) is 0 Å². The van der Waals surface area contributed by atoms with Gasteiger partial charge in [-0.25, -0.2) is 4.79 Å². The van der Waals surface area contributed by atoms with Gasteiger partial charge in [-0.15, -0.1) is 0 Å². The topological polar surface area (TPSA) is 76.4 Å². The molecule has 0 aliphatic heterocycles. The number of carbonyl (C=O) groups excluding carboxylic acids is 1. The molecule has 0 bridgehead atoms. The van der Waals surface area contributed by atoms with Crippen LogP contribution in [0.5, 0.6) is 0 Å². The first-order chi connectivity index (χ1) is 8.26. The number of carbonyl (C=O) groups is 1. The van der Waals surface area contributed by atoms with E-state index in [4.69, 9.17) is 22.7 Å². The fourth-order valence-electron chi connectivity index (χ4n) is 1.20. The Labute approximate surface area is 112 Å². The second-order valence-corrected chi connectivity index (χ2v) is 5.13. The summed E-state index contributed by atoms with van der Waals surface area (Å²) < 4.78 is 5.13. The summed E-state index contributed by atoms with van der Waals surface area (Å²) in [7, 11) is 0. The summed E-state index contributed by atoms with van der Waals surface area (Å²) in [5.41, 5.74) is 6.22. The van der Waals surface area contributed by atoms with Crippen molar-refractivity contribution in [3.63, 3.8) is 0 Å². The summed E-state index contributed by atoms with van der Waals surface area (Å²) in [4.78, 5) is 11.5. The molecule has 0 heterocycles. The minimum Gasteiger partial charge on any atom is -0.444 e. The molecule has 1 amide bonds. The quantitative estimate of drug-likeness (QED) is 0.718. The maximum atomic E-state index is 11.5. The average molecular weight is 267 g/mol. The molecule has 0 aliphatic carbocycles. The Kier molecular flexibility index (Phi) is 4.49. The van der Waals surface area contributed by atoms with E-state index < -0.39 is 11.7 Å². The van der Waals surface area contributed by atoms with Gasteiger partial charge in [0.1, 0.15) is 5.60 Å². The monoisotopic (exact) mass is 267 g/mol. The van der Waals surface area contributed by atoms with Crippen LogP contribution in [-0.2, 0) is 4.74 Å². The number of anilines is 2. The molecule has 18 heavy (non-hydrogen) atoms. The first-order valence-electron chi connectivity index (χ1n) is 5.43. The van der Waals surface area contributed by atoms with E-state index in [1.807, 2.05) is 20.8 Å². The van der Waals surface area contributed by atoms with Crippen molar-refractivity contribution >= 4 is 34.8 Å². The summed E-state index contributed by atoms with van der Waals surface area (Å²) >= 11 is 4.72. The number of benzene rings is 1. The molecule has 0 radical (unpaired) electrons. The highest BCUT2D eigenvalue weighted by molar-refractivity contribution is 7.80. The van der Waals surface area contributed by atoms with Crippen molar-refractivity contribution in [1.82, 2.24) is 0 Å². The minimum atomic E-state index is -0.517. The Hall–Kier alpha value is -1.82. The SMILES string of the molecule is CC(C)(C)OC(=O)Nc1ccc(NC(N)=S)cc1. The second kappa shape index (κ2) is 5.68. The van der Waals surface area contributed by atoms with Crippen molar-refractivity contribution in [1.29, 1.82) is 0 Å². The molecule has 0 saturated heterocycles. The summed E-state index contributed by atoms with van der Waals surface area (Å²) in [6.07, 6.45) is -0.488. The Bertz CT molecular complexity index is 438. The van der Waals surface area contributed by atoms with E-state index in [9.17, 15) is 4.79 Å². The third-order valence-corrected chi connectivity index (χ3v) is 1.90. The number of amides is 1. The average Bonchev–Trinajstić information content (AvgIpc) is 2.17. The predicted molar refractivity (Wildman–Crippen MR) is 76.7 cm³/mol. The molecular weight excluding hydrogens is 250 g/mol. The van der Waals surface area contributed by atoms with E-state index in [1.165, 1.54) is 0 Å². The Balaban J connectivity index is 2.58. The van der Waals surface area contributed by atoms with Crippen LogP contribution in [0.1, 0.15) is 20.8 Å². The van der Waals surface area contributed by atoms with E-state index in [0.29, 0.717) is 5.69 Å². The molecule has 1 aromatic carbocycles. The number of nitrogens with one attached hydrogen (secondary N) is 2. The normalized spacial score (nSPS) is 10.6. The lowest BCUT2D eigenvalue weighted by atomic mass is 10.2. The van der Waals surface area contributed by atoms with Crippen LogP contribution in [0.3, 0.4) is 0 Å². The highest BCUT2D eigenvalue weighted by Gasteiger charge is 2.15. The van der Waals surface area contributed by atoms with Gasteiger partial charge in [-0.2, -0.15) is 0 Å². The number of thiocarbonyl (C=S) groups is 1. The molecule has 6 heteroatoms. The Morgan fingerprint density at radius 3 is 2.00 bits per heavy atom. The molecule has 4 N–H and O–H groups in total. The van der Waals surface area contributed by atoms with Crippen LogP contribution in [0.2, 0.25) is 0 Å². The first-order valence-corrected chi connectivity index (χ1v) is 5.83. The van der Waals surface area contributed by atoms with Gasteiger partial charge in [-0.3, -0.25) is 5.32 Å². The van der Waals surface area contributed by atoms with Crippen LogP contribution in [0.25, 0.3) is 0 Å². The molecule has 0 spiro atoms. The van der Waals surface area contributed by atoms with Crippen molar-refractivity contribution in [3.8, 4) is 0 Å². The summed E-state index contributed by atoms with van der Waals surface area (Å²) in [6, 6.07) is 6.97. The molecule has 5 nitrogen and oxygen atoms in total. The zero-order valence-corrected chi connectivity index (χ0v) is 11.4. The molecule has 0 unspecified atom stereocenters. The second-order valence-electron chi connectivity index (χ2n) is 4.69. The summed E-state index contributed by atoms with van der Waals surface area (Å²) in [6.45, 7) is 5.42. The van der Waals surface area contributed by atoms with Gasteiger partial charge < -0.3 is 15.8 Å². The van der Waals surface area contributed by atoms with Gasteiger partial charge in [-0.05, 0) is 57.3 Å². The van der Waals surface area contributed by atoms with E-state index in [2.05, 4.69) is 10.6 Å². The molecule has 0 aromatic heterocycles. The minimum absolute atomic E-state index is 0.197. The Morgan fingerprint density at radius 1 is 1.17 bits per heavy atom. The number of nitrogens with two attached hydrogens (primary N) is 1. The van der Waals surface area contributed by atoms with E-state index in [-0.39, 0.29) is 5.11 Å². The molecule has 0 atom stereocenters. The maximum Gasteiger partial charge on any atom is 0.412 e. The van der Waals surface area contributed by atoms with E-state index in [1.54, 1.807) is 24.3 Å². The molecule has 0 fully saturated rings. The first kappa shape index (κ1) is 14.2. The van der Waals surface area contributed by atoms with E-state index >= 15 is 0 Å². The van der Waals surface area contributed by atoms with Gasteiger partial charge in [0.15, 0.2) is 5.11 Å². The molecule has 1 aromatic rings. The van der Waals surface area contributed by atoms with Crippen LogP contribution in [0.4, 0.5) is 16.2 Å². The molecule has 1 rings (SSSR count). The largest absolute Gasteiger partial charge is 0.444 e. The van der Waals surface area contributed by atoms with Gasteiger partial charge in [0.25, 0.3) is 0 Å². The highest BCUT2D eigenvalue weighted by Crippen LogP contribution is 2.15. The van der Waals surface area contributed by atoms with Crippen molar-refractivity contribution in [2.75, 3.05) is 10.6 Å². The zero-order chi connectivity index (χ0) is 13.8. The van der Waals surface area contributed by atoms with Crippen molar-refractivity contribution in [2.24, 2.45) is 5.73 Å². The van der Waals surface area contributed by atoms with Gasteiger partial charge in [-0.1, -0.05) is 0 Å². The molecule has 0 aliphatic rings. The van der Waals surface area contributed by atoms with Crippen LogP contribution in [0.15, 0.2) is 24.3 Å². The molecule has 0 saturated carbocycles. The standard InChI is InChI=1S/C12H17N3O2S/c1-12(2,3)17-11(16)15-9-6-4-8(5-7-9)14-10(13)18/h4-7H,1-3H3,(H,15,16)(H3,13,14,18). The lowest BCUT2D eigenvalue weighted by molar-refractivity contribution is 0.0636. The van der Waals surface area contributed by atoms with E-state index in [0.717, 1.165) is 5.69 Å². The van der Waals surface area contributed by atoms with Gasteiger partial charge in [0, 0.05) is 11.4 Å². The van der Waals surface area contributed by atoms with Crippen LogP contribution in [-0.4, -0.2) is 16.8 Å². The summed E-state index contributed by atoms with van der Waals surface area (Å²) in [5.74, 6) is 0. The van der Waals surface area contributed by atoms with Crippen LogP contribution >= 0.6 is 12.2 Å². The lowest BCUT2D eigenvalue weighted by Crippen LogP contribution is -2.27. The molecule has 98 valence electrons. The predicted octanol–water partition coefficient (Wildman–Crippen LogP) is 2.69. The summed E-state index contributed by atoms with van der Waals surface area (Å²) in [5, 5.41) is 5.61. The number of rotatable bonds is 2. The third-order valence-electron chi connectivity index (χ3n) is 1.80. The highest BCUT2D eigenvalue weighted by atomic mass is 32.1. The third kappa shape index (κ3) is 5.49. The van der Waals surface area contributed by atoms with Gasteiger partial charge >= 0.3 is 6.09 Å². The maximum absolute atomic E-state index is 11.5. The molecular formula is C12H17N3O2S. The fourth-order valence-corrected chi connectivity index (χ4v) is 1.32. The van der Waals surface area contributed by atoms with Crippen molar-refractivity contribution < 1.29 is 9.53 Å². The number of ether oxygens (including phenoxy) is 1.